The second kappa shape index (κ2) is 4.91. The summed E-state index contributed by atoms with van der Waals surface area (Å²) in [4.78, 5) is 37.9. The predicted molar refractivity (Wildman–Crippen MR) is 80.5 cm³/mol. The summed E-state index contributed by atoms with van der Waals surface area (Å²) in [6.45, 7) is 0.952. The van der Waals surface area contributed by atoms with Crippen LogP contribution in [0, 0.1) is 5.41 Å². The summed E-state index contributed by atoms with van der Waals surface area (Å²) < 4.78 is 1.67. The van der Waals surface area contributed by atoms with Gasteiger partial charge in [-0.2, -0.15) is 5.10 Å². The minimum absolute atomic E-state index is 0.0780. The highest BCUT2D eigenvalue weighted by Gasteiger charge is 2.48. The highest BCUT2D eigenvalue weighted by molar-refractivity contribution is 6.06. The van der Waals surface area contributed by atoms with Crippen molar-refractivity contribution >= 4 is 23.2 Å². The fourth-order valence-corrected chi connectivity index (χ4v) is 3.50. The Hall–Kier alpha value is -2.70. The molecule has 7 nitrogen and oxygen atoms in total. The number of amides is 3. The monoisotopic (exact) mass is 312 g/mol. The molecule has 2 aliphatic heterocycles. The van der Waals surface area contributed by atoms with E-state index in [9.17, 15) is 14.4 Å². The summed E-state index contributed by atoms with van der Waals surface area (Å²) in [5.74, 6) is -0.478. The van der Waals surface area contributed by atoms with E-state index in [-0.39, 0.29) is 24.1 Å². The van der Waals surface area contributed by atoms with E-state index in [0.29, 0.717) is 31.5 Å². The van der Waals surface area contributed by atoms with E-state index in [1.807, 2.05) is 18.2 Å². The molecule has 2 aromatic heterocycles. The normalized spacial score (nSPS) is 20.3. The van der Waals surface area contributed by atoms with Gasteiger partial charge in [-0.05, 0) is 25.0 Å². The Labute approximate surface area is 132 Å². The molecule has 7 heteroatoms. The van der Waals surface area contributed by atoms with Gasteiger partial charge in [-0.25, -0.2) is 4.52 Å². The maximum atomic E-state index is 12.7. The minimum Gasteiger partial charge on any atom is -0.338 e. The quantitative estimate of drug-likeness (QED) is 0.782. The predicted octanol–water partition coefficient (Wildman–Crippen LogP) is 0.603. The molecule has 0 aliphatic carbocycles. The highest BCUT2D eigenvalue weighted by atomic mass is 16.2. The van der Waals surface area contributed by atoms with Crippen LogP contribution in [0.3, 0.4) is 0 Å². The maximum Gasteiger partial charge on any atom is 0.257 e. The zero-order chi connectivity index (χ0) is 16.0. The number of pyridine rings is 1. The lowest BCUT2D eigenvalue weighted by molar-refractivity contribution is -0.130. The third-order valence-corrected chi connectivity index (χ3v) is 4.90. The summed E-state index contributed by atoms with van der Waals surface area (Å²) in [5.41, 5.74) is 0.717. The van der Waals surface area contributed by atoms with Gasteiger partial charge < -0.3 is 4.90 Å². The van der Waals surface area contributed by atoms with Gasteiger partial charge in [-0.3, -0.25) is 19.7 Å². The molecule has 2 saturated heterocycles. The number of piperidine rings is 1. The highest BCUT2D eigenvalue weighted by Crippen LogP contribution is 2.38. The molecule has 0 unspecified atom stereocenters. The standard InChI is InChI=1S/C16H16N4O3/c21-13-9-16(15(23)18-13)4-7-19(8-5-16)14(22)11-10-17-20-6-2-1-3-12(11)20/h1-3,6,10H,4-5,7-9H2,(H,18,21,23). The van der Waals surface area contributed by atoms with Crippen LogP contribution in [-0.2, 0) is 9.59 Å². The van der Waals surface area contributed by atoms with E-state index >= 15 is 0 Å². The molecule has 2 aromatic rings. The molecule has 0 aromatic carbocycles. The van der Waals surface area contributed by atoms with Gasteiger partial charge in [0.25, 0.3) is 5.91 Å². The Morgan fingerprint density at radius 1 is 1.22 bits per heavy atom. The molecular formula is C16H16N4O3. The average molecular weight is 312 g/mol. The first-order valence-electron chi connectivity index (χ1n) is 7.65. The van der Waals surface area contributed by atoms with Gasteiger partial charge in [-0.1, -0.05) is 6.07 Å². The van der Waals surface area contributed by atoms with E-state index in [0.717, 1.165) is 5.52 Å². The van der Waals surface area contributed by atoms with Gasteiger partial charge in [0.1, 0.15) is 0 Å². The molecule has 0 radical (unpaired) electrons. The fraction of sp³-hybridized carbons (Fsp3) is 0.375. The van der Waals surface area contributed by atoms with E-state index in [1.165, 1.54) is 0 Å². The Bertz CT molecular complexity index is 818. The molecule has 0 bridgehead atoms. The third kappa shape index (κ3) is 2.11. The number of carbonyl (C=O) groups excluding carboxylic acids is 3. The summed E-state index contributed by atoms with van der Waals surface area (Å²) in [5, 5.41) is 6.57. The van der Waals surface area contributed by atoms with Gasteiger partial charge in [-0.15, -0.1) is 0 Å². The van der Waals surface area contributed by atoms with Gasteiger partial charge in [0, 0.05) is 25.7 Å². The first kappa shape index (κ1) is 13.9. The molecule has 0 atom stereocenters. The molecule has 3 amide bonds. The lowest BCUT2D eigenvalue weighted by Crippen LogP contribution is -2.46. The van der Waals surface area contributed by atoms with Crippen molar-refractivity contribution in [2.24, 2.45) is 5.41 Å². The number of aromatic nitrogens is 2. The molecular weight excluding hydrogens is 296 g/mol. The Balaban J connectivity index is 1.53. The van der Waals surface area contributed by atoms with Crippen LogP contribution in [0.5, 0.6) is 0 Å². The van der Waals surface area contributed by atoms with Crippen LogP contribution in [0.25, 0.3) is 5.52 Å². The SMILES string of the molecule is O=C1CC2(CCN(C(=O)c3cnn4ccccc34)CC2)C(=O)N1. The van der Waals surface area contributed by atoms with Crippen LogP contribution in [-0.4, -0.2) is 45.3 Å². The number of rotatable bonds is 1. The third-order valence-electron chi connectivity index (χ3n) is 4.90. The van der Waals surface area contributed by atoms with Gasteiger partial charge in [0.05, 0.1) is 22.7 Å². The number of nitrogens with zero attached hydrogens (tertiary/aromatic N) is 3. The number of nitrogens with one attached hydrogen (secondary N) is 1. The molecule has 2 aliphatic rings. The molecule has 118 valence electrons. The van der Waals surface area contributed by atoms with Gasteiger partial charge >= 0.3 is 0 Å². The molecule has 4 rings (SSSR count). The lowest BCUT2D eigenvalue weighted by atomic mass is 9.77. The minimum atomic E-state index is -0.616. The molecule has 2 fully saturated rings. The largest absolute Gasteiger partial charge is 0.338 e. The van der Waals surface area contributed by atoms with Crippen molar-refractivity contribution in [3.63, 3.8) is 0 Å². The summed E-state index contributed by atoms with van der Waals surface area (Å²) in [6, 6.07) is 5.58. The van der Waals surface area contributed by atoms with Crippen LogP contribution in [0.1, 0.15) is 29.6 Å². The van der Waals surface area contributed by atoms with E-state index in [1.54, 1.807) is 21.8 Å². The summed E-state index contributed by atoms with van der Waals surface area (Å²) >= 11 is 0. The lowest BCUT2D eigenvalue weighted by Gasteiger charge is -2.36. The van der Waals surface area contributed by atoms with Crippen LogP contribution in [0.2, 0.25) is 0 Å². The molecule has 1 N–H and O–H groups in total. The zero-order valence-corrected chi connectivity index (χ0v) is 12.5. The van der Waals surface area contributed by atoms with Crippen molar-refractivity contribution in [1.82, 2.24) is 19.8 Å². The number of hydrogen-bond acceptors (Lipinski definition) is 4. The van der Waals surface area contributed by atoms with Crippen LogP contribution in [0.4, 0.5) is 0 Å². The average Bonchev–Trinajstić information content (AvgIpc) is 3.09. The number of carbonyl (C=O) groups is 3. The van der Waals surface area contributed by atoms with Gasteiger partial charge in [0.2, 0.25) is 11.8 Å². The van der Waals surface area contributed by atoms with Gasteiger partial charge in [0.15, 0.2) is 0 Å². The smallest absolute Gasteiger partial charge is 0.257 e. The molecule has 1 spiro atoms. The first-order chi connectivity index (χ1) is 11.1. The molecule has 4 heterocycles. The molecule has 0 saturated carbocycles. The Kier molecular flexibility index (Phi) is 2.97. The van der Waals surface area contributed by atoms with Crippen LogP contribution < -0.4 is 5.32 Å². The number of fused-ring (bicyclic) bond motifs is 1. The summed E-state index contributed by atoms with van der Waals surface area (Å²) in [6.07, 6.45) is 4.66. The van der Waals surface area contributed by atoms with Crippen LogP contribution in [0.15, 0.2) is 30.6 Å². The maximum absolute atomic E-state index is 12.7. The van der Waals surface area contributed by atoms with E-state index < -0.39 is 5.41 Å². The number of likely N-dealkylation sites (tertiary alicyclic amines) is 1. The second-order valence-corrected chi connectivity index (χ2v) is 6.22. The number of hydrogen-bond donors (Lipinski definition) is 1. The van der Waals surface area contributed by atoms with Crippen LogP contribution >= 0.6 is 0 Å². The van der Waals surface area contributed by atoms with Crippen molar-refractivity contribution in [3.05, 3.63) is 36.2 Å². The topological polar surface area (TPSA) is 83.8 Å². The molecule has 23 heavy (non-hydrogen) atoms. The Morgan fingerprint density at radius 2 is 2.00 bits per heavy atom. The zero-order valence-electron chi connectivity index (χ0n) is 12.5. The number of imide groups is 1. The van der Waals surface area contributed by atoms with E-state index in [4.69, 9.17) is 0 Å². The first-order valence-corrected chi connectivity index (χ1v) is 7.65. The van der Waals surface area contributed by atoms with Crippen molar-refractivity contribution in [1.29, 1.82) is 0 Å². The van der Waals surface area contributed by atoms with Crippen molar-refractivity contribution in [2.75, 3.05) is 13.1 Å². The second-order valence-electron chi connectivity index (χ2n) is 6.22. The van der Waals surface area contributed by atoms with Crippen molar-refractivity contribution in [2.45, 2.75) is 19.3 Å². The van der Waals surface area contributed by atoms with E-state index in [2.05, 4.69) is 10.4 Å². The summed E-state index contributed by atoms with van der Waals surface area (Å²) in [7, 11) is 0. The fourth-order valence-electron chi connectivity index (χ4n) is 3.50. The van der Waals surface area contributed by atoms with Crippen molar-refractivity contribution in [3.8, 4) is 0 Å². The van der Waals surface area contributed by atoms with Crippen molar-refractivity contribution < 1.29 is 14.4 Å². The Morgan fingerprint density at radius 3 is 2.70 bits per heavy atom.